The van der Waals surface area contributed by atoms with Gasteiger partial charge >= 0.3 is 0 Å². The Balaban J connectivity index is 1.58. The van der Waals surface area contributed by atoms with Gasteiger partial charge in [0.1, 0.15) is 0 Å². The van der Waals surface area contributed by atoms with Crippen molar-refractivity contribution in [2.45, 2.75) is 44.3 Å². The number of halogens is 1. The van der Waals surface area contributed by atoms with E-state index in [0.29, 0.717) is 6.04 Å². The molecule has 2 aromatic rings. The highest BCUT2D eigenvalue weighted by Crippen LogP contribution is 2.22. The van der Waals surface area contributed by atoms with Crippen LogP contribution >= 0.6 is 15.9 Å². The molecule has 1 fully saturated rings. The third-order valence-corrected chi connectivity index (χ3v) is 5.17. The minimum atomic E-state index is 0.660. The molecule has 0 bridgehead atoms. The number of nitrogens with one attached hydrogen (secondary N) is 1. The summed E-state index contributed by atoms with van der Waals surface area (Å²) < 4.78 is 1.03. The summed E-state index contributed by atoms with van der Waals surface area (Å²) in [6.45, 7) is 0.944. The number of nitrogens with zero attached hydrogens (tertiary/aromatic N) is 2. The Kier molecular flexibility index (Phi) is 5.11. The average molecular weight is 362 g/mol. The van der Waals surface area contributed by atoms with Crippen molar-refractivity contribution in [3.8, 4) is 0 Å². The second-order valence-corrected chi connectivity index (χ2v) is 7.45. The van der Waals surface area contributed by atoms with Crippen LogP contribution in [-0.4, -0.2) is 36.1 Å². The Morgan fingerprint density at radius 2 is 1.95 bits per heavy atom. The third-order valence-electron chi connectivity index (χ3n) is 4.73. The van der Waals surface area contributed by atoms with Crippen molar-refractivity contribution >= 4 is 26.8 Å². The molecule has 0 amide bonds. The first-order valence-corrected chi connectivity index (χ1v) is 8.85. The molecule has 0 radical (unpaired) electrons. The predicted octanol–water partition coefficient (Wildman–Crippen LogP) is 3.96. The van der Waals surface area contributed by atoms with Crippen LogP contribution < -0.4 is 5.32 Å². The second-order valence-electron chi connectivity index (χ2n) is 6.53. The lowest BCUT2D eigenvalue weighted by Gasteiger charge is -2.33. The number of hydrogen-bond acceptors (Lipinski definition) is 3. The SMILES string of the molecule is CN(C)C1CCC(NCc2ccc3ncc(Br)cc3c2)CC1. The van der Waals surface area contributed by atoms with Gasteiger partial charge in [0, 0.05) is 34.7 Å². The van der Waals surface area contributed by atoms with Gasteiger partial charge in [-0.05, 0) is 79.5 Å². The minimum Gasteiger partial charge on any atom is -0.310 e. The highest BCUT2D eigenvalue weighted by atomic mass is 79.9. The molecule has 22 heavy (non-hydrogen) atoms. The Hall–Kier alpha value is -0.970. The molecular formula is C18H24BrN3. The van der Waals surface area contributed by atoms with Crippen LogP contribution in [0.3, 0.4) is 0 Å². The molecule has 118 valence electrons. The maximum absolute atomic E-state index is 4.42. The van der Waals surface area contributed by atoms with Gasteiger partial charge in [0.25, 0.3) is 0 Å². The van der Waals surface area contributed by atoms with E-state index in [2.05, 4.69) is 69.5 Å². The first kappa shape index (κ1) is 15.9. The Morgan fingerprint density at radius 3 is 2.68 bits per heavy atom. The Morgan fingerprint density at radius 1 is 1.18 bits per heavy atom. The van der Waals surface area contributed by atoms with Crippen molar-refractivity contribution in [1.82, 2.24) is 15.2 Å². The van der Waals surface area contributed by atoms with Crippen molar-refractivity contribution in [3.63, 3.8) is 0 Å². The smallest absolute Gasteiger partial charge is 0.0703 e. The van der Waals surface area contributed by atoms with Crippen molar-refractivity contribution in [2.24, 2.45) is 0 Å². The summed E-state index contributed by atoms with van der Waals surface area (Å²) in [5.41, 5.74) is 2.39. The fourth-order valence-corrected chi connectivity index (χ4v) is 3.67. The average Bonchev–Trinajstić information content (AvgIpc) is 2.53. The molecule has 3 nitrogen and oxygen atoms in total. The largest absolute Gasteiger partial charge is 0.310 e. The molecule has 0 aliphatic heterocycles. The van der Waals surface area contributed by atoms with E-state index in [-0.39, 0.29) is 0 Å². The van der Waals surface area contributed by atoms with E-state index in [4.69, 9.17) is 0 Å². The van der Waals surface area contributed by atoms with Crippen LogP contribution in [0.15, 0.2) is 34.9 Å². The van der Waals surface area contributed by atoms with Crippen molar-refractivity contribution in [3.05, 3.63) is 40.5 Å². The van der Waals surface area contributed by atoms with Gasteiger partial charge in [-0.1, -0.05) is 6.07 Å². The first-order chi connectivity index (χ1) is 10.6. The second kappa shape index (κ2) is 7.07. The van der Waals surface area contributed by atoms with E-state index in [1.807, 2.05) is 6.20 Å². The maximum atomic E-state index is 4.42. The molecule has 1 aliphatic carbocycles. The van der Waals surface area contributed by atoms with Gasteiger partial charge in [0.05, 0.1) is 5.52 Å². The molecule has 1 aromatic heterocycles. The summed E-state index contributed by atoms with van der Waals surface area (Å²) in [4.78, 5) is 6.79. The number of fused-ring (bicyclic) bond motifs is 1. The molecule has 4 heteroatoms. The van der Waals surface area contributed by atoms with Gasteiger partial charge in [-0.2, -0.15) is 0 Å². The van der Waals surface area contributed by atoms with Crippen LogP contribution in [0.25, 0.3) is 10.9 Å². The predicted molar refractivity (Wildman–Crippen MR) is 96.0 cm³/mol. The number of benzene rings is 1. The molecule has 0 unspecified atom stereocenters. The van der Waals surface area contributed by atoms with Crippen LogP contribution in [0.2, 0.25) is 0 Å². The van der Waals surface area contributed by atoms with Crippen LogP contribution in [-0.2, 0) is 6.54 Å². The number of pyridine rings is 1. The topological polar surface area (TPSA) is 28.2 Å². The minimum absolute atomic E-state index is 0.660. The molecule has 1 aromatic carbocycles. The Labute approximate surface area is 141 Å². The molecule has 0 saturated heterocycles. The molecule has 1 saturated carbocycles. The van der Waals surface area contributed by atoms with Gasteiger partial charge in [0.2, 0.25) is 0 Å². The van der Waals surface area contributed by atoms with Gasteiger partial charge in [0.15, 0.2) is 0 Å². The van der Waals surface area contributed by atoms with Crippen molar-refractivity contribution in [2.75, 3.05) is 14.1 Å². The molecule has 1 aliphatic rings. The van der Waals surface area contributed by atoms with E-state index in [1.54, 1.807) is 0 Å². The summed E-state index contributed by atoms with van der Waals surface area (Å²) in [6.07, 6.45) is 7.02. The monoisotopic (exact) mass is 361 g/mol. The zero-order valence-corrected chi connectivity index (χ0v) is 14.9. The number of rotatable bonds is 4. The van der Waals surface area contributed by atoms with Gasteiger partial charge in [-0.3, -0.25) is 4.98 Å². The van der Waals surface area contributed by atoms with E-state index < -0.39 is 0 Å². The van der Waals surface area contributed by atoms with Crippen LogP contribution in [0.4, 0.5) is 0 Å². The molecule has 3 rings (SSSR count). The molecular weight excluding hydrogens is 338 g/mol. The summed E-state index contributed by atoms with van der Waals surface area (Å²) in [5.74, 6) is 0. The highest BCUT2D eigenvalue weighted by molar-refractivity contribution is 9.10. The van der Waals surface area contributed by atoms with Gasteiger partial charge in [-0.15, -0.1) is 0 Å². The van der Waals surface area contributed by atoms with Crippen molar-refractivity contribution in [1.29, 1.82) is 0 Å². The number of hydrogen-bond donors (Lipinski definition) is 1. The quantitative estimate of drug-likeness (QED) is 0.893. The standard InChI is InChI=1S/C18H24BrN3/c1-22(2)17-6-4-16(5-7-17)20-11-13-3-8-18-14(9-13)10-15(19)12-21-18/h3,8-10,12,16-17,20H,4-7,11H2,1-2H3. The summed E-state index contributed by atoms with van der Waals surface area (Å²) in [5, 5.41) is 4.93. The fourth-order valence-electron chi connectivity index (χ4n) is 3.32. The van der Waals surface area contributed by atoms with E-state index in [1.165, 1.54) is 36.6 Å². The summed E-state index contributed by atoms with van der Waals surface area (Å²) in [7, 11) is 4.39. The van der Waals surface area contributed by atoms with Crippen LogP contribution in [0.1, 0.15) is 31.2 Å². The van der Waals surface area contributed by atoms with E-state index in [9.17, 15) is 0 Å². The zero-order valence-electron chi connectivity index (χ0n) is 13.3. The van der Waals surface area contributed by atoms with Crippen LogP contribution in [0, 0.1) is 0 Å². The van der Waals surface area contributed by atoms with Crippen LogP contribution in [0.5, 0.6) is 0 Å². The number of aromatic nitrogens is 1. The fraction of sp³-hybridized carbons (Fsp3) is 0.500. The Bertz CT molecular complexity index is 633. The molecule has 1 heterocycles. The third kappa shape index (κ3) is 3.86. The van der Waals surface area contributed by atoms with E-state index in [0.717, 1.165) is 22.6 Å². The van der Waals surface area contributed by atoms with E-state index >= 15 is 0 Å². The zero-order chi connectivity index (χ0) is 15.5. The molecule has 1 N–H and O–H groups in total. The highest BCUT2D eigenvalue weighted by Gasteiger charge is 2.21. The maximum Gasteiger partial charge on any atom is 0.0703 e. The first-order valence-electron chi connectivity index (χ1n) is 8.06. The molecule has 0 spiro atoms. The lowest BCUT2D eigenvalue weighted by atomic mass is 9.90. The lowest BCUT2D eigenvalue weighted by molar-refractivity contribution is 0.204. The van der Waals surface area contributed by atoms with Crippen molar-refractivity contribution < 1.29 is 0 Å². The summed E-state index contributed by atoms with van der Waals surface area (Å²) >= 11 is 3.49. The molecule has 0 atom stereocenters. The summed E-state index contributed by atoms with van der Waals surface area (Å²) in [6, 6.07) is 10.1. The normalized spacial score (nSPS) is 22.4. The van der Waals surface area contributed by atoms with Gasteiger partial charge < -0.3 is 10.2 Å². The van der Waals surface area contributed by atoms with Gasteiger partial charge in [-0.25, -0.2) is 0 Å². The lowest BCUT2D eigenvalue weighted by Crippen LogP contribution is -2.39.